The molecule has 3 rings (SSSR count). The van der Waals surface area contributed by atoms with Gasteiger partial charge in [-0.05, 0) is 12.1 Å². The molecule has 0 aliphatic carbocycles. The normalized spacial score (nSPS) is 14.8. The lowest BCUT2D eigenvalue weighted by atomic mass is 10.2. The van der Waals surface area contributed by atoms with E-state index in [1.165, 1.54) is 30.6 Å². The third-order valence-corrected chi connectivity index (χ3v) is 2.60. The summed E-state index contributed by atoms with van der Waals surface area (Å²) in [5.41, 5.74) is 5.68. The van der Waals surface area contributed by atoms with Crippen LogP contribution in [0.25, 0.3) is 0 Å². The predicted octanol–water partition coefficient (Wildman–Crippen LogP) is 1.63. The number of hydrogen-bond acceptors (Lipinski definition) is 6. The van der Waals surface area contributed by atoms with Gasteiger partial charge >= 0.3 is 6.29 Å². The van der Waals surface area contributed by atoms with E-state index in [9.17, 15) is 13.6 Å². The number of ether oxygens (including phenoxy) is 2. The second-order valence-corrected chi connectivity index (χ2v) is 4.07. The van der Waals surface area contributed by atoms with Crippen molar-refractivity contribution < 1.29 is 23.0 Å². The van der Waals surface area contributed by atoms with E-state index in [1.54, 1.807) is 0 Å². The molecule has 2 aromatic rings. The number of amides is 1. The number of hydrogen-bond donors (Lipinski definition) is 2. The average molecular weight is 294 g/mol. The van der Waals surface area contributed by atoms with E-state index in [0.717, 1.165) is 0 Å². The number of aromatic nitrogens is 2. The molecule has 0 radical (unpaired) electrons. The number of nitrogens with zero attached hydrogens (tertiary/aromatic N) is 2. The zero-order valence-electron chi connectivity index (χ0n) is 10.3. The van der Waals surface area contributed by atoms with E-state index in [4.69, 9.17) is 5.73 Å². The van der Waals surface area contributed by atoms with Crippen molar-refractivity contribution >= 4 is 17.4 Å². The second kappa shape index (κ2) is 4.54. The van der Waals surface area contributed by atoms with Gasteiger partial charge in [0.2, 0.25) is 0 Å². The van der Waals surface area contributed by atoms with Crippen molar-refractivity contribution in [2.24, 2.45) is 0 Å². The molecule has 0 bridgehead atoms. The Kier molecular flexibility index (Phi) is 2.82. The molecular formula is C12H8F2N4O3. The fourth-order valence-corrected chi connectivity index (χ4v) is 1.74. The molecule has 1 amide bonds. The standard InChI is InChI=1S/C12H8F2N4O3/c13-12(14)20-7-2-1-6(5-8(7)21-12)18-11(19)9-10(15)17-4-3-16-9/h1-5H,(H2,15,17)(H,18,19). The zero-order valence-corrected chi connectivity index (χ0v) is 10.3. The van der Waals surface area contributed by atoms with Gasteiger partial charge in [0.1, 0.15) is 0 Å². The number of halogens is 2. The summed E-state index contributed by atoms with van der Waals surface area (Å²) >= 11 is 0. The second-order valence-electron chi connectivity index (χ2n) is 4.07. The molecule has 1 aliphatic rings. The molecule has 1 aromatic carbocycles. The molecule has 0 atom stereocenters. The van der Waals surface area contributed by atoms with Crippen molar-refractivity contribution in [2.45, 2.75) is 6.29 Å². The van der Waals surface area contributed by atoms with Gasteiger partial charge in [-0.25, -0.2) is 9.97 Å². The molecule has 1 aliphatic heterocycles. The topological polar surface area (TPSA) is 99.4 Å². The highest BCUT2D eigenvalue weighted by molar-refractivity contribution is 6.05. The highest BCUT2D eigenvalue weighted by atomic mass is 19.3. The predicted molar refractivity (Wildman–Crippen MR) is 67.0 cm³/mol. The number of alkyl halides is 2. The van der Waals surface area contributed by atoms with Gasteiger partial charge in [0.25, 0.3) is 5.91 Å². The maximum absolute atomic E-state index is 12.9. The van der Waals surface area contributed by atoms with Crippen molar-refractivity contribution in [3.05, 3.63) is 36.3 Å². The van der Waals surface area contributed by atoms with Crippen LogP contribution in [0.2, 0.25) is 0 Å². The number of nitrogens with two attached hydrogens (primary N) is 1. The van der Waals surface area contributed by atoms with Gasteiger partial charge < -0.3 is 20.5 Å². The SMILES string of the molecule is Nc1nccnc1C(=O)Nc1ccc2c(c1)OC(F)(F)O2. The number of rotatable bonds is 2. The van der Waals surface area contributed by atoms with Gasteiger partial charge in [-0.1, -0.05) is 0 Å². The van der Waals surface area contributed by atoms with Crippen LogP contribution in [0.5, 0.6) is 11.5 Å². The van der Waals surface area contributed by atoms with Crippen LogP contribution in [0.4, 0.5) is 20.3 Å². The molecule has 21 heavy (non-hydrogen) atoms. The minimum atomic E-state index is -3.71. The number of nitrogens with one attached hydrogen (secondary N) is 1. The van der Waals surface area contributed by atoms with Crippen LogP contribution < -0.4 is 20.5 Å². The lowest BCUT2D eigenvalue weighted by molar-refractivity contribution is -0.286. The monoisotopic (exact) mass is 294 g/mol. The summed E-state index contributed by atoms with van der Waals surface area (Å²) in [6.07, 6.45) is -1.06. The molecule has 0 fully saturated rings. The molecule has 108 valence electrons. The molecule has 0 saturated carbocycles. The summed E-state index contributed by atoms with van der Waals surface area (Å²) in [5.74, 6) is -0.949. The average Bonchev–Trinajstić information content (AvgIpc) is 2.72. The molecular weight excluding hydrogens is 286 g/mol. The van der Waals surface area contributed by atoms with Gasteiger partial charge in [0, 0.05) is 24.1 Å². The molecule has 0 spiro atoms. The number of benzene rings is 1. The van der Waals surface area contributed by atoms with Crippen molar-refractivity contribution in [3.63, 3.8) is 0 Å². The van der Waals surface area contributed by atoms with Crippen molar-refractivity contribution in [2.75, 3.05) is 11.1 Å². The summed E-state index contributed by atoms with van der Waals surface area (Å²) in [4.78, 5) is 19.5. The Hall–Kier alpha value is -2.97. The molecule has 1 aromatic heterocycles. The highest BCUT2D eigenvalue weighted by Gasteiger charge is 2.43. The fourth-order valence-electron chi connectivity index (χ4n) is 1.74. The van der Waals surface area contributed by atoms with Gasteiger partial charge in [0.15, 0.2) is 23.0 Å². The van der Waals surface area contributed by atoms with Crippen LogP contribution in [-0.4, -0.2) is 22.2 Å². The maximum Gasteiger partial charge on any atom is 0.586 e. The number of fused-ring (bicyclic) bond motifs is 1. The Labute approximate surface area is 116 Å². The van der Waals surface area contributed by atoms with Gasteiger partial charge in [0.05, 0.1) is 0 Å². The number of anilines is 2. The largest absolute Gasteiger partial charge is 0.586 e. The Morgan fingerprint density at radius 1 is 1.19 bits per heavy atom. The van der Waals surface area contributed by atoms with E-state index in [-0.39, 0.29) is 28.7 Å². The van der Waals surface area contributed by atoms with Gasteiger partial charge in [-0.15, -0.1) is 8.78 Å². The van der Waals surface area contributed by atoms with Crippen LogP contribution in [0, 0.1) is 0 Å². The first-order valence-electron chi connectivity index (χ1n) is 5.72. The minimum absolute atomic E-state index is 0.0396. The number of nitrogen functional groups attached to an aromatic ring is 1. The zero-order chi connectivity index (χ0) is 15.0. The molecule has 2 heterocycles. The lowest BCUT2D eigenvalue weighted by Crippen LogP contribution is -2.25. The summed E-state index contributed by atoms with van der Waals surface area (Å²) in [6, 6.07) is 3.85. The number of carbonyl (C=O) groups excluding carboxylic acids is 1. The van der Waals surface area contributed by atoms with Crippen LogP contribution in [-0.2, 0) is 0 Å². The summed E-state index contributed by atoms with van der Waals surface area (Å²) in [6.45, 7) is 0. The molecule has 0 saturated heterocycles. The first kappa shape index (κ1) is 13.0. The van der Waals surface area contributed by atoms with E-state index in [1.807, 2.05) is 0 Å². The maximum atomic E-state index is 12.9. The third-order valence-electron chi connectivity index (χ3n) is 2.60. The number of carbonyl (C=O) groups is 1. The fraction of sp³-hybridized carbons (Fsp3) is 0.0833. The van der Waals surface area contributed by atoms with Crippen molar-refractivity contribution in [1.82, 2.24) is 9.97 Å². The van der Waals surface area contributed by atoms with Gasteiger partial charge in [-0.2, -0.15) is 0 Å². The van der Waals surface area contributed by atoms with E-state index in [0.29, 0.717) is 0 Å². The Morgan fingerprint density at radius 2 is 1.90 bits per heavy atom. The summed E-state index contributed by atoms with van der Waals surface area (Å²) in [5, 5.41) is 2.45. The smallest absolute Gasteiger partial charge is 0.395 e. The quantitative estimate of drug-likeness (QED) is 0.873. The first-order chi connectivity index (χ1) is 9.94. The van der Waals surface area contributed by atoms with E-state index in [2.05, 4.69) is 24.8 Å². The highest BCUT2D eigenvalue weighted by Crippen LogP contribution is 2.42. The van der Waals surface area contributed by atoms with E-state index >= 15 is 0 Å². The molecule has 3 N–H and O–H groups in total. The van der Waals surface area contributed by atoms with Crippen LogP contribution in [0.1, 0.15) is 10.5 Å². The first-order valence-corrected chi connectivity index (χ1v) is 5.72. The van der Waals surface area contributed by atoms with Crippen LogP contribution >= 0.6 is 0 Å². The molecule has 7 nitrogen and oxygen atoms in total. The Bertz CT molecular complexity index is 723. The third kappa shape index (κ3) is 2.53. The molecule has 9 heteroatoms. The minimum Gasteiger partial charge on any atom is -0.395 e. The van der Waals surface area contributed by atoms with Crippen molar-refractivity contribution in [3.8, 4) is 11.5 Å². The van der Waals surface area contributed by atoms with E-state index < -0.39 is 12.2 Å². The van der Waals surface area contributed by atoms with Crippen LogP contribution in [0.3, 0.4) is 0 Å². The summed E-state index contributed by atoms with van der Waals surface area (Å²) < 4.78 is 34.3. The molecule has 0 unspecified atom stereocenters. The van der Waals surface area contributed by atoms with Crippen LogP contribution in [0.15, 0.2) is 30.6 Å². The van der Waals surface area contributed by atoms with Gasteiger partial charge in [-0.3, -0.25) is 4.79 Å². The lowest BCUT2D eigenvalue weighted by Gasteiger charge is -2.06. The van der Waals surface area contributed by atoms with Crippen molar-refractivity contribution in [1.29, 1.82) is 0 Å². The Morgan fingerprint density at radius 3 is 2.67 bits per heavy atom. The summed E-state index contributed by atoms with van der Waals surface area (Å²) in [7, 11) is 0. The Balaban J connectivity index is 1.81.